The Morgan fingerprint density at radius 1 is 0.946 bits per heavy atom. The van der Waals surface area contributed by atoms with Gasteiger partial charge in [0, 0.05) is 45.7 Å². The first-order valence-corrected chi connectivity index (χ1v) is 19.4. The second-order valence-electron chi connectivity index (χ2n) is 15.0. The van der Waals surface area contributed by atoms with Crippen LogP contribution in [-0.2, 0) is 32.3 Å². The van der Waals surface area contributed by atoms with Gasteiger partial charge in [0.1, 0.15) is 18.7 Å². The van der Waals surface area contributed by atoms with Crippen molar-refractivity contribution in [1.82, 2.24) is 35.4 Å². The number of anilines is 1. The number of β-amino-alcohol motifs (C(OH)–C–C–N with tert-alkyl or cyclic N) is 1. The molecule has 2 aliphatic rings. The highest BCUT2D eigenvalue weighted by molar-refractivity contribution is 7.13. The number of aryl methyl sites for hydroxylation is 1. The van der Waals surface area contributed by atoms with Gasteiger partial charge < -0.3 is 39.9 Å². The van der Waals surface area contributed by atoms with Crippen molar-refractivity contribution in [3.05, 3.63) is 89.3 Å². The number of hydrogen-bond donors (Lipinski definition) is 3. The number of nitrogens with one attached hydrogen (secondary N) is 2. The van der Waals surface area contributed by atoms with Crippen LogP contribution in [0.1, 0.15) is 44.0 Å². The van der Waals surface area contributed by atoms with Gasteiger partial charge in [-0.1, -0.05) is 75.4 Å². The maximum atomic E-state index is 14.0. The largest absolute Gasteiger partial charge is 0.481 e. The number of hydrogen-bond acceptors (Lipinski definition) is 12. The lowest BCUT2D eigenvalue weighted by Crippen LogP contribution is -2.58. The molecule has 15 nitrogen and oxygen atoms in total. The van der Waals surface area contributed by atoms with Gasteiger partial charge in [-0.05, 0) is 29.0 Å². The number of benzene rings is 2. The number of likely N-dealkylation sites (tertiary alicyclic amines) is 1. The first-order chi connectivity index (χ1) is 26.9. The van der Waals surface area contributed by atoms with E-state index in [0.29, 0.717) is 32.1 Å². The molecule has 4 amide bonds. The quantitative estimate of drug-likeness (QED) is 0.191. The van der Waals surface area contributed by atoms with E-state index < -0.39 is 42.0 Å². The number of rotatable bonds is 12. The Morgan fingerprint density at radius 3 is 2.29 bits per heavy atom. The maximum Gasteiger partial charge on any atom is 0.410 e. The van der Waals surface area contributed by atoms with Gasteiger partial charge in [-0.15, -0.1) is 11.3 Å². The van der Waals surface area contributed by atoms with Gasteiger partial charge in [-0.25, -0.2) is 19.7 Å². The maximum absolute atomic E-state index is 14.0. The van der Waals surface area contributed by atoms with E-state index in [-0.39, 0.29) is 43.9 Å². The Morgan fingerprint density at radius 2 is 1.64 bits per heavy atom. The summed E-state index contributed by atoms with van der Waals surface area (Å²) < 4.78 is 11.1. The molecule has 4 heterocycles. The van der Waals surface area contributed by atoms with E-state index in [9.17, 15) is 24.3 Å². The summed E-state index contributed by atoms with van der Waals surface area (Å²) in [5, 5.41) is 16.2. The number of piperazine rings is 1. The van der Waals surface area contributed by atoms with Crippen molar-refractivity contribution in [2.45, 2.75) is 65.5 Å². The van der Waals surface area contributed by atoms with Gasteiger partial charge in [0.05, 0.1) is 34.6 Å². The summed E-state index contributed by atoms with van der Waals surface area (Å²) in [7, 11) is 0. The molecular formula is C40H48N8O7S. The van der Waals surface area contributed by atoms with E-state index in [1.165, 1.54) is 17.3 Å². The predicted octanol–water partition coefficient (Wildman–Crippen LogP) is 3.56. The van der Waals surface area contributed by atoms with Crippen molar-refractivity contribution < 1.29 is 33.8 Å². The Kier molecular flexibility index (Phi) is 12.8. The fraction of sp³-hybridized carbons (Fsp3) is 0.425. The molecule has 56 heavy (non-hydrogen) atoms. The molecule has 2 aromatic carbocycles. The zero-order chi connectivity index (χ0) is 39.8. The van der Waals surface area contributed by atoms with Crippen LogP contribution in [-0.4, -0.2) is 111 Å². The number of aliphatic hydroxyl groups excluding tert-OH is 1. The minimum Gasteiger partial charge on any atom is -0.481 e. The molecule has 16 heteroatoms. The fourth-order valence-electron chi connectivity index (χ4n) is 6.58. The molecule has 296 valence electrons. The summed E-state index contributed by atoms with van der Waals surface area (Å²) in [5.41, 5.74) is 4.89. The molecule has 4 aromatic rings. The number of nitrogens with zero attached hydrogens (tertiary/aromatic N) is 6. The van der Waals surface area contributed by atoms with Gasteiger partial charge in [-0.2, -0.15) is 0 Å². The molecule has 0 aliphatic carbocycles. The second kappa shape index (κ2) is 17.9. The van der Waals surface area contributed by atoms with Crippen molar-refractivity contribution in [1.29, 1.82) is 0 Å². The van der Waals surface area contributed by atoms with Gasteiger partial charge in [-0.3, -0.25) is 14.4 Å². The average molecular weight is 785 g/mol. The lowest BCUT2D eigenvalue weighted by Gasteiger charge is -2.35. The third-order valence-electron chi connectivity index (χ3n) is 9.72. The molecule has 0 unspecified atom stereocenters. The summed E-state index contributed by atoms with van der Waals surface area (Å²) in [5.74, 6) is -0.673. The van der Waals surface area contributed by atoms with Crippen LogP contribution in [0.2, 0.25) is 0 Å². The minimum atomic E-state index is -1.00. The lowest BCUT2D eigenvalue weighted by molar-refractivity contribution is -0.144. The fourth-order valence-corrected chi connectivity index (χ4v) is 7.39. The molecule has 3 atom stereocenters. The standard InChI is InChI=1S/C40H48N8O7S/c1-26-34(56-25-44-26)29-12-10-27(11-13-29)19-41-36(51)32-18-30(49)22-48(32)37(52)35(40(2,3)4)45-33(50)24-54-31-20-42-38(43-21-31)46-14-16-47(17-15-46)39(53)55-23-28-8-6-5-7-9-28/h5-13,20-21,25,30,32,35,49H,14-19,22-24H2,1-4H3,(H,41,51)(H,45,50)/t30-,32+,35-/m1/s1. The molecule has 2 fully saturated rings. The summed E-state index contributed by atoms with van der Waals surface area (Å²) in [6.07, 6.45) is 1.76. The highest BCUT2D eigenvalue weighted by atomic mass is 32.1. The predicted molar refractivity (Wildman–Crippen MR) is 210 cm³/mol. The van der Waals surface area contributed by atoms with Crippen molar-refractivity contribution in [3.8, 4) is 16.2 Å². The molecule has 6 rings (SSSR count). The summed E-state index contributed by atoms with van der Waals surface area (Å²) in [6.45, 7) is 9.38. The van der Waals surface area contributed by atoms with Crippen LogP contribution < -0.4 is 20.3 Å². The number of aromatic nitrogens is 3. The molecule has 2 aliphatic heterocycles. The van der Waals surface area contributed by atoms with Crippen LogP contribution in [0.15, 0.2) is 72.5 Å². The number of carbonyl (C=O) groups is 4. The molecule has 0 radical (unpaired) electrons. The first-order valence-electron chi connectivity index (χ1n) is 18.6. The third-order valence-corrected chi connectivity index (χ3v) is 10.7. The second-order valence-corrected chi connectivity index (χ2v) is 15.8. The van der Waals surface area contributed by atoms with Crippen LogP contribution in [0, 0.1) is 12.3 Å². The van der Waals surface area contributed by atoms with Crippen LogP contribution in [0.4, 0.5) is 10.7 Å². The SMILES string of the molecule is Cc1ncsc1-c1ccc(CNC(=O)[C@@H]2C[C@@H](O)CN2C(=O)[C@@H](NC(=O)COc2cnc(N3CCN(C(=O)OCc4ccccc4)CC3)nc2)C(C)(C)C)cc1. The van der Waals surface area contributed by atoms with Gasteiger partial charge in [0.2, 0.25) is 17.8 Å². The normalized spacial score (nSPS) is 17.6. The first kappa shape index (κ1) is 40.1. The average Bonchev–Trinajstić information content (AvgIpc) is 3.82. The van der Waals surface area contributed by atoms with Crippen LogP contribution >= 0.6 is 11.3 Å². The Labute approximate surface area is 330 Å². The molecule has 0 bridgehead atoms. The van der Waals surface area contributed by atoms with Gasteiger partial charge >= 0.3 is 6.09 Å². The Hall–Kier alpha value is -5.61. The highest BCUT2D eigenvalue weighted by Gasteiger charge is 2.44. The van der Waals surface area contributed by atoms with E-state index in [1.54, 1.807) is 16.2 Å². The zero-order valence-corrected chi connectivity index (χ0v) is 32.8. The molecular weight excluding hydrogens is 737 g/mol. The van der Waals surface area contributed by atoms with Crippen molar-refractivity contribution in [3.63, 3.8) is 0 Å². The molecule has 2 aromatic heterocycles. The molecule has 0 spiro atoms. The zero-order valence-electron chi connectivity index (χ0n) is 32.0. The lowest BCUT2D eigenvalue weighted by atomic mass is 9.85. The third kappa shape index (κ3) is 10.2. The van der Waals surface area contributed by atoms with E-state index in [2.05, 4.69) is 25.6 Å². The van der Waals surface area contributed by atoms with E-state index in [4.69, 9.17) is 9.47 Å². The summed E-state index contributed by atoms with van der Waals surface area (Å²) in [6, 6.07) is 15.4. The van der Waals surface area contributed by atoms with Crippen molar-refractivity contribution in [2.75, 3.05) is 44.2 Å². The van der Waals surface area contributed by atoms with Crippen molar-refractivity contribution >= 4 is 41.1 Å². The van der Waals surface area contributed by atoms with E-state index in [1.807, 2.05) is 92.7 Å². The number of aliphatic hydroxyl groups is 1. The Bertz CT molecular complexity index is 1960. The minimum absolute atomic E-state index is 0.0319. The number of ether oxygens (including phenoxy) is 2. The molecule has 3 N–H and O–H groups in total. The Balaban J connectivity index is 0.972. The van der Waals surface area contributed by atoms with Crippen LogP contribution in [0.3, 0.4) is 0 Å². The monoisotopic (exact) mass is 784 g/mol. The smallest absolute Gasteiger partial charge is 0.410 e. The van der Waals surface area contributed by atoms with E-state index in [0.717, 1.165) is 27.3 Å². The van der Waals surface area contributed by atoms with Crippen LogP contribution in [0.25, 0.3) is 10.4 Å². The highest BCUT2D eigenvalue weighted by Crippen LogP contribution is 2.28. The van der Waals surface area contributed by atoms with Crippen LogP contribution in [0.5, 0.6) is 5.75 Å². The summed E-state index contributed by atoms with van der Waals surface area (Å²) in [4.78, 5) is 72.2. The number of thiazole rings is 1. The van der Waals surface area contributed by atoms with Gasteiger partial charge in [0.15, 0.2) is 12.4 Å². The summed E-state index contributed by atoms with van der Waals surface area (Å²) >= 11 is 1.57. The molecule has 2 saturated heterocycles. The molecule has 0 saturated carbocycles. The topological polar surface area (TPSA) is 179 Å². The van der Waals surface area contributed by atoms with Gasteiger partial charge in [0.25, 0.3) is 5.91 Å². The number of carbonyl (C=O) groups excluding carboxylic acids is 4. The van der Waals surface area contributed by atoms with Crippen molar-refractivity contribution in [2.24, 2.45) is 5.41 Å². The van der Waals surface area contributed by atoms with E-state index >= 15 is 0 Å². The number of amides is 4.